The maximum Gasteiger partial charge on any atom is 0.273 e. The predicted octanol–water partition coefficient (Wildman–Crippen LogP) is 3.92. The second-order valence-corrected chi connectivity index (χ2v) is 5.10. The molecule has 0 atom stereocenters. The van der Waals surface area contributed by atoms with Gasteiger partial charge in [0.25, 0.3) is 5.69 Å². The maximum absolute atomic E-state index is 13.3. The number of nitro benzene ring substituents is 1. The van der Waals surface area contributed by atoms with Crippen molar-refractivity contribution in [2.45, 2.75) is 6.42 Å². The number of halogens is 2. The molecule has 4 nitrogen and oxygen atoms in total. The van der Waals surface area contributed by atoms with Gasteiger partial charge in [-0.2, -0.15) is 0 Å². The first-order valence-corrected chi connectivity index (χ1v) is 6.47. The Morgan fingerprint density at radius 1 is 1.20 bits per heavy atom. The molecule has 0 aromatic heterocycles. The summed E-state index contributed by atoms with van der Waals surface area (Å²) in [4.78, 5) is 21.9. The number of ketones is 1. The van der Waals surface area contributed by atoms with Crippen LogP contribution in [-0.2, 0) is 6.42 Å². The number of hydrogen-bond donors (Lipinski definition) is 0. The maximum atomic E-state index is 13.3. The molecule has 0 amide bonds. The zero-order chi connectivity index (χ0) is 14.7. The lowest BCUT2D eigenvalue weighted by Crippen LogP contribution is -2.05. The molecule has 6 heteroatoms. The number of carbonyl (C=O) groups is 1. The van der Waals surface area contributed by atoms with Crippen molar-refractivity contribution in [3.63, 3.8) is 0 Å². The number of non-ortho nitro benzene ring substituents is 1. The van der Waals surface area contributed by atoms with E-state index in [-0.39, 0.29) is 17.8 Å². The van der Waals surface area contributed by atoms with Gasteiger partial charge in [0.15, 0.2) is 5.78 Å². The Bertz CT molecular complexity index is 671. The average molecular weight is 338 g/mol. The molecular formula is C14H9BrFNO3. The summed E-state index contributed by atoms with van der Waals surface area (Å²) in [6.45, 7) is 0. The molecule has 0 aliphatic carbocycles. The number of hydrogen-bond acceptors (Lipinski definition) is 3. The van der Waals surface area contributed by atoms with Gasteiger partial charge in [0, 0.05) is 22.5 Å². The van der Waals surface area contributed by atoms with Crippen molar-refractivity contribution < 1.29 is 14.1 Å². The summed E-state index contributed by atoms with van der Waals surface area (Å²) in [5, 5.41) is 10.6. The molecule has 0 saturated carbocycles. The van der Waals surface area contributed by atoms with Crippen LogP contribution in [0.2, 0.25) is 0 Å². The Morgan fingerprint density at radius 2 is 1.85 bits per heavy atom. The number of benzene rings is 2. The Hall–Kier alpha value is -2.08. The smallest absolute Gasteiger partial charge is 0.273 e. The van der Waals surface area contributed by atoms with E-state index in [1.165, 1.54) is 0 Å². The van der Waals surface area contributed by atoms with Gasteiger partial charge >= 0.3 is 0 Å². The Kier molecular flexibility index (Phi) is 4.24. The van der Waals surface area contributed by atoms with Crippen LogP contribution < -0.4 is 0 Å². The highest BCUT2D eigenvalue weighted by Gasteiger charge is 2.15. The molecule has 102 valence electrons. The van der Waals surface area contributed by atoms with E-state index in [0.717, 1.165) is 28.2 Å². The minimum Gasteiger partial charge on any atom is -0.294 e. The largest absolute Gasteiger partial charge is 0.294 e. The molecule has 0 N–H and O–H groups in total. The summed E-state index contributed by atoms with van der Waals surface area (Å²) < 4.78 is 14.2. The fraction of sp³-hybridized carbons (Fsp3) is 0.0714. The van der Waals surface area contributed by atoms with Gasteiger partial charge in [-0.15, -0.1) is 0 Å². The first-order valence-electron chi connectivity index (χ1n) is 5.68. The molecule has 0 aliphatic rings. The van der Waals surface area contributed by atoms with E-state index in [9.17, 15) is 19.3 Å². The third kappa shape index (κ3) is 3.48. The summed E-state index contributed by atoms with van der Waals surface area (Å²) in [5.74, 6) is -1.16. The minimum atomic E-state index is -0.793. The van der Waals surface area contributed by atoms with Crippen molar-refractivity contribution in [3.8, 4) is 0 Å². The molecule has 0 radical (unpaired) electrons. The highest BCUT2D eigenvalue weighted by Crippen LogP contribution is 2.18. The van der Waals surface area contributed by atoms with Crippen molar-refractivity contribution >= 4 is 27.4 Å². The highest BCUT2D eigenvalue weighted by molar-refractivity contribution is 9.10. The number of Topliss-reactive ketones (excluding diaryl/α,β-unsaturated/α-hetero) is 1. The third-order valence-electron chi connectivity index (χ3n) is 2.69. The zero-order valence-corrected chi connectivity index (χ0v) is 11.8. The molecule has 0 fully saturated rings. The standard InChI is InChI=1S/C14H9BrFNO3/c15-11-3-1-9(2-4-11)5-14(18)10-6-12(16)8-13(7-10)17(19)20/h1-4,6-8H,5H2. The summed E-state index contributed by atoms with van der Waals surface area (Å²) in [5.41, 5.74) is 0.328. The molecule has 0 saturated heterocycles. The van der Waals surface area contributed by atoms with Crippen LogP contribution in [0.3, 0.4) is 0 Å². The van der Waals surface area contributed by atoms with Crippen molar-refractivity contribution in [1.29, 1.82) is 0 Å². The summed E-state index contributed by atoms with van der Waals surface area (Å²) in [6.07, 6.45) is 0.0634. The van der Waals surface area contributed by atoms with Crippen LogP contribution in [0.1, 0.15) is 15.9 Å². The van der Waals surface area contributed by atoms with Crippen LogP contribution >= 0.6 is 15.9 Å². The molecule has 0 bridgehead atoms. The van der Waals surface area contributed by atoms with Gasteiger partial charge in [0.05, 0.1) is 11.0 Å². The molecule has 0 unspecified atom stereocenters. The van der Waals surface area contributed by atoms with Crippen LogP contribution in [0.4, 0.5) is 10.1 Å². The number of carbonyl (C=O) groups excluding carboxylic acids is 1. The van der Waals surface area contributed by atoms with E-state index in [1.54, 1.807) is 24.3 Å². The van der Waals surface area contributed by atoms with Crippen molar-refractivity contribution in [2.75, 3.05) is 0 Å². The van der Waals surface area contributed by atoms with Crippen LogP contribution in [0.25, 0.3) is 0 Å². The lowest BCUT2D eigenvalue weighted by atomic mass is 10.0. The van der Waals surface area contributed by atoms with Gasteiger partial charge in [-0.25, -0.2) is 4.39 Å². The summed E-state index contributed by atoms with van der Waals surface area (Å²) in [7, 11) is 0. The molecule has 0 spiro atoms. The molecule has 2 aromatic rings. The lowest BCUT2D eigenvalue weighted by molar-refractivity contribution is -0.385. The molecule has 0 aliphatic heterocycles. The number of rotatable bonds is 4. The van der Waals surface area contributed by atoms with Crippen LogP contribution in [0.15, 0.2) is 46.9 Å². The van der Waals surface area contributed by atoms with Gasteiger partial charge < -0.3 is 0 Å². The lowest BCUT2D eigenvalue weighted by Gasteiger charge is -2.03. The zero-order valence-electron chi connectivity index (χ0n) is 10.2. The topological polar surface area (TPSA) is 60.2 Å². The molecule has 2 rings (SSSR count). The van der Waals surface area contributed by atoms with E-state index in [4.69, 9.17) is 0 Å². The van der Waals surface area contributed by atoms with E-state index < -0.39 is 16.4 Å². The quantitative estimate of drug-likeness (QED) is 0.482. The van der Waals surface area contributed by atoms with E-state index >= 15 is 0 Å². The number of nitrogens with zero attached hydrogens (tertiary/aromatic N) is 1. The summed E-state index contributed by atoms with van der Waals surface area (Å²) in [6, 6.07) is 9.98. The third-order valence-corrected chi connectivity index (χ3v) is 3.22. The van der Waals surface area contributed by atoms with Crippen molar-refractivity contribution in [3.05, 3.63) is 74.0 Å². The van der Waals surface area contributed by atoms with E-state index in [0.29, 0.717) is 0 Å². The van der Waals surface area contributed by atoms with Crippen molar-refractivity contribution in [2.24, 2.45) is 0 Å². The Morgan fingerprint density at radius 3 is 2.45 bits per heavy atom. The fourth-order valence-corrected chi connectivity index (χ4v) is 1.99. The van der Waals surface area contributed by atoms with Gasteiger partial charge in [-0.05, 0) is 23.8 Å². The predicted molar refractivity (Wildman–Crippen MR) is 75.2 cm³/mol. The Balaban J connectivity index is 2.25. The second-order valence-electron chi connectivity index (χ2n) is 4.18. The monoisotopic (exact) mass is 337 g/mol. The van der Waals surface area contributed by atoms with E-state index in [1.807, 2.05) is 0 Å². The van der Waals surface area contributed by atoms with Crippen LogP contribution in [-0.4, -0.2) is 10.7 Å². The summed E-state index contributed by atoms with van der Waals surface area (Å²) >= 11 is 3.28. The molecule has 0 heterocycles. The minimum absolute atomic E-state index is 0.000353. The van der Waals surface area contributed by atoms with Gasteiger partial charge in [-0.1, -0.05) is 28.1 Å². The van der Waals surface area contributed by atoms with Gasteiger partial charge in [0.1, 0.15) is 5.82 Å². The Labute approximate surface area is 122 Å². The first kappa shape index (κ1) is 14.3. The van der Waals surface area contributed by atoms with Crippen LogP contribution in [0, 0.1) is 15.9 Å². The normalized spacial score (nSPS) is 10.3. The van der Waals surface area contributed by atoms with E-state index in [2.05, 4.69) is 15.9 Å². The van der Waals surface area contributed by atoms with Gasteiger partial charge in [0.2, 0.25) is 0 Å². The van der Waals surface area contributed by atoms with Gasteiger partial charge in [-0.3, -0.25) is 14.9 Å². The second kappa shape index (κ2) is 5.92. The first-order chi connectivity index (χ1) is 9.45. The molecular weight excluding hydrogens is 329 g/mol. The number of nitro groups is 1. The molecule has 20 heavy (non-hydrogen) atoms. The fourth-order valence-electron chi connectivity index (χ4n) is 1.73. The van der Waals surface area contributed by atoms with Crippen LogP contribution in [0.5, 0.6) is 0 Å². The van der Waals surface area contributed by atoms with Crippen molar-refractivity contribution in [1.82, 2.24) is 0 Å². The average Bonchev–Trinajstić information content (AvgIpc) is 2.40. The SMILES string of the molecule is O=C(Cc1ccc(Br)cc1)c1cc(F)cc([N+](=O)[O-])c1. The molecule has 2 aromatic carbocycles. The highest BCUT2D eigenvalue weighted by atomic mass is 79.9.